The monoisotopic (exact) mass is 1800 g/mol. The lowest BCUT2D eigenvalue weighted by molar-refractivity contribution is 0.932. The molecule has 0 radical (unpaired) electrons. The van der Waals surface area contributed by atoms with Crippen LogP contribution in [0.5, 0.6) is 0 Å². The third-order valence-corrected chi connectivity index (χ3v) is 32.2. The largest absolute Gasteiger partial charge is 0.306 e. The van der Waals surface area contributed by atoms with Crippen LogP contribution in [0.2, 0.25) is 0 Å². The highest BCUT2D eigenvalue weighted by Crippen LogP contribution is 2.61. The van der Waals surface area contributed by atoms with Crippen molar-refractivity contribution in [3.05, 3.63) is 503 Å². The fourth-order valence-corrected chi connectivity index (χ4v) is 26.3. The van der Waals surface area contributed by atoms with Gasteiger partial charge < -0.3 is 9.80 Å². The molecule has 0 spiro atoms. The van der Waals surface area contributed by atoms with Crippen molar-refractivity contribution in [2.45, 2.75) is 96.3 Å². The Morgan fingerprint density at radius 1 is 0.150 bits per heavy atom. The second-order valence-electron chi connectivity index (χ2n) is 39.4. The molecule has 0 saturated heterocycles. The molecule has 660 valence electrons. The average molecular weight is 1800 g/mol. The summed E-state index contributed by atoms with van der Waals surface area (Å²) in [6.07, 6.45) is 37.6. The maximum absolute atomic E-state index is 4.80. The minimum Gasteiger partial charge on any atom is -0.306 e. The van der Waals surface area contributed by atoms with Crippen LogP contribution >= 0.6 is 0 Å². The summed E-state index contributed by atoms with van der Waals surface area (Å²) in [4.78, 5) is 59.0. The maximum atomic E-state index is 4.80. The number of hydrogen-bond acceptors (Lipinski definition) is 15. The van der Waals surface area contributed by atoms with Crippen molar-refractivity contribution in [3.8, 4) is 55.6 Å². The van der Waals surface area contributed by atoms with Gasteiger partial charge in [-0.25, -0.2) is 15.0 Å². The van der Waals surface area contributed by atoms with Crippen molar-refractivity contribution < 1.29 is 0 Å². The first-order valence-electron chi connectivity index (χ1n) is 49.1. The lowest BCUT2D eigenvalue weighted by atomic mass is 9.84. The van der Waals surface area contributed by atoms with Crippen LogP contribution in [0.1, 0.15) is 168 Å². The highest BCUT2D eigenvalue weighted by Gasteiger charge is 2.44. The summed E-state index contributed by atoms with van der Waals surface area (Å²) in [6, 6.07) is 94.7. The van der Waals surface area contributed by atoms with Crippen molar-refractivity contribution in [2.75, 3.05) is 24.5 Å². The Morgan fingerprint density at radius 3 is 0.964 bits per heavy atom. The summed E-state index contributed by atoms with van der Waals surface area (Å²) in [5, 5.41) is 0. The van der Waals surface area contributed by atoms with E-state index in [0.29, 0.717) is 0 Å². The Kier molecular flexibility index (Phi) is 16.8. The van der Waals surface area contributed by atoms with Gasteiger partial charge in [0, 0.05) is 138 Å². The molecule has 0 atom stereocenters. The Morgan fingerprint density at radius 2 is 0.471 bits per heavy atom. The van der Waals surface area contributed by atoms with E-state index < -0.39 is 0 Å². The van der Waals surface area contributed by atoms with E-state index in [1.54, 1.807) is 0 Å². The molecule has 0 saturated carbocycles. The normalized spacial score (nSPS) is 14.6. The Balaban J connectivity index is 0.0000000806. The van der Waals surface area contributed by atoms with Crippen LogP contribution in [-0.4, -0.2) is 49.8 Å². The lowest BCUT2D eigenvalue weighted by Gasteiger charge is -2.39. The topological polar surface area (TPSA) is 145 Å². The Bertz CT molecular complexity index is 8040. The number of benzene rings is 10. The second kappa shape index (κ2) is 30.1. The van der Waals surface area contributed by atoms with Crippen LogP contribution in [0, 0.1) is 0 Å². The van der Waals surface area contributed by atoms with Gasteiger partial charge in [-0.2, -0.15) is 0 Å². The number of aromatic nitrogens is 10. The molecule has 0 amide bonds. The average Bonchev–Trinajstić information content (AvgIpc) is 1.36. The van der Waals surface area contributed by atoms with Gasteiger partial charge in [-0.1, -0.05) is 164 Å². The molecule has 0 unspecified atom stereocenters. The summed E-state index contributed by atoms with van der Waals surface area (Å²) in [5.41, 5.74) is 69.7. The third-order valence-electron chi connectivity index (χ3n) is 32.2. The number of rotatable bonds is 0. The van der Waals surface area contributed by atoms with Crippen molar-refractivity contribution in [3.63, 3.8) is 0 Å². The first-order chi connectivity index (χ1) is 69.4. The summed E-state index contributed by atoms with van der Waals surface area (Å²) in [5.74, 6) is 3.18. The molecule has 20 aromatic rings. The number of fused-ring (bicyclic) bond motifs is 40. The lowest BCUT2D eigenvalue weighted by Crippen LogP contribution is -2.26. The third kappa shape index (κ3) is 11.5. The predicted octanol–water partition coefficient (Wildman–Crippen LogP) is 26.6. The smallest absolute Gasteiger partial charge is 0.141 e. The molecule has 15 heteroatoms. The predicted molar refractivity (Wildman–Crippen MR) is 553 cm³/mol. The summed E-state index contributed by atoms with van der Waals surface area (Å²) in [6.45, 7) is 0. The van der Waals surface area contributed by atoms with Gasteiger partial charge in [-0.15, -0.1) is 0 Å². The molecule has 5 aliphatic carbocycles. The van der Waals surface area contributed by atoms with E-state index in [1.807, 2.05) is 105 Å². The minimum atomic E-state index is 0.856. The Hall–Kier alpha value is -17.3. The maximum Gasteiger partial charge on any atom is 0.141 e. The van der Waals surface area contributed by atoms with Crippen molar-refractivity contribution in [1.82, 2.24) is 49.8 Å². The molecular weight excluding hydrogens is 1710 g/mol. The Labute approximate surface area is 809 Å². The number of nitrogens with zero attached hydrogens (tertiary/aromatic N) is 15. The number of pyridine rings is 10. The molecule has 140 heavy (non-hydrogen) atoms. The molecule has 10 aromatic heterocycles. The number of anilines is 15. The van der Waals surface area contributed by atoms with Gasteiger partial charge in [0.25, 0.3) is 0 Å². The number of hydrogen-bond donors (Lipinski definition) is 0. The van der Waals surface area contributed by atoms with E-state index in [4.69, 9.17) is 39.9 Å². The van der Waals surface area contributed by atoms with Crippen LogP contribution in [-0.2, 0) is 96.3 Å². The fraction of sp³-hybridized carbons (Fsp3) is 0.120. The highest BCUT2D eigenvalue weighted by molar-refractivity contribution is 5.99. The standard InChI is InChI=1S/5C25H17N3/c1-2-6-17-15(5-1)11-19-18(17)12-16-13-21-23(7-3-9-26-21)28-24-8-4-10-27-22(24)14-20(19)25(16)28;1-2-6-18-15(4-1)13-20-19(18)7-8-23-21(20)14-22-24-16(9-11-26-22)12-17-5-3-10-27-25(17)28(23)24;1-2-6-18-15(4-1)12-20-19(18)7-8-23-21(20)13-16-9-11-26-22-14-17-5-3-10-27-25(17)28(23)24(16)22;1-2-6-19-15(4-1)11-21-20(19)7-8-23-22(21)12-18-14-26-13-17-10-16-5-3-9-27-25(16)28(23)24(17)18;1-2-4-18-15(3-1)12-20-19(18)5-6-23-21(20)13-22-25-17(8-10-27-22)11-16-7-9-26-14-24(16)28(23)25/h1-10,12H,11,13-14H2;2*1-11H,12-14H2;1-9,13-14H,10-12H2;1-10,14H,11-13H2. The van der Waals surface area contributed by atoms with E-state index >= 15 is 0 Å². The molecule has 35 rings (SSSR count). The molecule has 10 aromatic carbocycles. The molecule has 0 N–H and O–H groups in total. The van der Waals surface area contributed by atoms with Gasteiger partial charge in [-0.05, 0) is 318 Å². The van der Waals surface area contributed by atoms with Gasteiger partial charge in [0.2, 0.25) is 0 Å². The quantitative estimate of drug-likeness (QED) is 0.142. The zero-order valence-corrected chi connectivity index (χ0v) is 76.6. The molecule has 15 aliphatic rings. The first-order valence-corrected chi connectivity index (χ1v) is 49.1. The van der Waals surface area contributed by atoms with Gasteiger partial charge in [0.15, 0.2) is 0 Å². The zero-order valence-electron chi connectivity index (χ0n) is 76.6. The summed E-state index contributed by atoms with van der Waals surface area (Å²) >= 11 is 0. The second-order valence-corrected chi connectivity index (χ2v) is 39.4. The molecule has 0 bridgehead atoms. The van der Waals surface area contributed by atoms with Crippen LogP contribution in [0.25, 0.3) is 55.6 Å². The minimum absolute atomic E-state index is 0.856. The molecule has 20 heterocycles. The van der Waals surface area contributed by atoms with Crippen molar-refractivity contribution >= 4 is 85.7 Å². The van der Waals surface area contributed by atoms with Gasteiger partial charge in [0.05, 0.1) is 103 Å². The van der Waals surface area contributed by atoms with Crippen molar-refractivity contribution in [1.29, 1.82) is 0 Å². The van der Waals surface area contributed by atoms with E-state index in [2.05, 4.69) is 265 Å². The van der Waals surface area contributed by atoms with Crippen LogP contribution < -0.4 is 24.5 Å². The van der Waals surface area contributed by atoms with Gasteiger partial charge >= 0.3 is 0 Å². The van der Waals surface area contributed by atoms with Gasteiger partial charge in [-0.3, -0.25) is 49.6 Å². The van der Waals surface area contributed by atoms with Crippen molar-refractivity contribution in [2.24, 2.45) is 0 Å². The highest BCUT2D eigenvalue weighted by atomic mass is 15.3. The summed E-state index contributed by atoms with van der Waals surface area (Å²) < 4.78 is 0. The van der Waals surface area contributed by atoms with E-state index in [1.165, 1.54) is 274 Å². The molecule has 10 aliphatic heterocycles. The van der Waals surface area contributed by atoms with E-state index in [0.717, 1.165) is 131 Å². The van der Waals surface area contributed by atoms with Crippen LogP contribution in [0.15, 0.2) is 335 Å². The van der Waals surface area contributed by atoms with Gasteiger partial charge in [0.1, 0.15) is 17.5 Å². The molecule has 0 fully saturated rings. The zero-order chi connectivity index (χ0) is 91.2. The van der Waals surface area contributed by atoms with Crippen LogP contribution in [0.4, 0.5) is 85.7 Å². The molecule has 15 nitrogen and oxygen atoms in total. The summed E-state index contributed by atoms with van der Waals surface area (Å²) in [7, 11) is 0. The fourth-order valence-electron chi connectivity index (χ4n) is 26.3. The van der Waals surface area contributed by atoms with E-state index in [-0.39, 0.29) is 0 Å². The molecular formula is C125H85N15. The van der Waals surface area contributed by atoms with Crippen LogP contribution in [0.3, 0.4) is 0 Å². The first kappa shape index (κ1) is 77.9. The SMILES string of the molecule is c1ccc2c(c1)Cc1c-2cc2c3c1Cc1ncccc1N3c1cccnc1C2.c1ccc2c(c1)Cc1c-2ccc2c1Cc1ccnc3c1N2c1ncccc1C3.c1ccc2c(c1)Cc1c-2ccc2c1Cc1cncc3c1N2c1ncccc1C3.c1ccc2c(c1)Cc1c-2ccc2c1Cc1nccc3c1N2c1cnccc1C3.c1ccc2c(c1)Cc1c-2ccc2c1Cc1nccc3c1N2c1ncccc1C3. The van der Waals surface area contributed by atoms with E-state index in [9.17, 15) is 0 Å².